The fourth-order valence-corrected chi connectivity index (χ4v) is 3.24. The number of ether oxygens (including phenoxy) is 1. The van der Waals surface area contributed by atoms with Crippen LogP contribution in [-0.4, -0.2) is 32.2 Å². The van der Waals surface area contributed by atoms with Crippen molar-refractivity contribution >= 4 is 37.5 Å². The number of rotatable bonds is 6. The first-order valence-corrected chi connectivity index (χ1v) is 9.16. The van der Waals surface area contributed by atoms with Crippen LogP contribution in [0.25, 0.3) is 0 Å². The highest BCUT2D eigenvalue weighted by molar-refractivity contribution is 9.10. The van der Waals surface area contributed by atoms with Crippen LogP contribution in [0.1, 0.15) is 10.4 Å². The van der Waals surface area contributed by atoms with Gasteiger partial charge in [-0.25, -0.2) is 13.2 Å². The Morgan fingerprint density at radius 2 is 1.62 bits per heavy atom. The number of nitrogens with two attached hydrogens (primary N) is 1. The summed E-state index contributed by atoms with van der Waals surface area (Å²) in [5, 5.41) is -1.89. The van der Waals surface area contributed by atoms with Crippen molar-refractivity contribution in [3.8, 4) is 0 Å². The number of Topliss-reactive ketones (excluding diaryl/α,β-unsaturated/α-hetero) is 1. The zero-order chi connectivity index (χ0) is 17.7. The van der Waals surface area contributed by atoms with Gasteiger partial charge in [0, 0.05) is 10.0 Å². The van der Waals surface area contributed by atoms with E-state index in [2.05, 4.69) is 15.9 Å². The molecule has 2 aromatic rings. The summed E-state index contributed by atoms with van der Waals surface area (Å²) in [4.78, 5) is 23.7. The summed E-state index contributed by atoms with van der Waals surface area (Å²) < 4.78 is 30.0. The normalized spacial score (nSPS) is 12.4. The molecular weight excluding hydrogens is 398 g/mol. The van der Waals surface area contributed by atoms with Gasteiger partial charge in [-0.2, -0.15) is 0 Å². The smallest absolute Gasteiger partial charge is 0.339 e. The molecule has 24 heavy (non-hydrogen) atoms. The summed E-state index contributed by atoms with van der Waals surface area (Å²) in [6.45, 7) is -0.585. The molecule has 0 saturated carbocycles. The third-order valence-corrected chi connectivity index (χ3v) is 5.47. The van der Waals surface area contributed by atoms with E-state index < -0.39 is 33.6 Å². The van der Waals surface area contributed by atoms with E-state index in [0.717, 1.165) is 4.47 Å². The maximum Gasteiger partial charge on any atom is 0.339 e. The van der Waals surface area contributed by atoms with Gasteiger partial charge in [0.25, 0.3) is 0 Å². The average molecular weight is 412 g/mol. The number of ketones is 1. The number of hydrogen-bond acceptors (Lipinski definition) is 6. The van der Waals surface area contributed by atoms with Gasteiger partial charge in [0.15, 0.2) is 12.4 Å². The van der Waals surface area contributed by atoms with Gasteiger partial charge in [0.05, 0.1) is 4.90 Å². The molecule has 2 N–H and O–H groups in total. The monoisotopic (exact) mass is 411 g/mol. The van der Waals surface area contributed by atoms with E-state index in [1.165, 1.54) is 24.3 Å². The standard InChI is InChI=1S/C16H14BrNO5S/c17-12-8-6-11(7-9-12)14(19)10-23-16(20)15(18)24(21,22)13-4-2-1-3-5-13/h1-9,15H,10,18H2. The molecule has 0 radical (unpaired) electrons. The van der Waals surface area contributed by atoms with Crippen LogP contribution < -0.4 is 5.73 Å². The molecule has 126 valence electrons. The van der Waals surface area contributed by atoms with E-state index in [9.17, 15) is 18.0 Å². The van der Waals surface area contributed by atoms with Crippen LogP contribution in [0, 0.1) is 0 Å². The molecule has 2 rings (SSSR count). The molecule has 0 aliphatic carbocycles. The second-order valence-electron chi connectivity index (χ2n) is 4.82. The summed E-state index contributed by atoms with van der Waals surface area (Å²) in [7, 11) is -4.07. The number of sulfone groups is 1. The van der Waals surface area contributed by atoms with Crippen molar-refractivity contribution in [3.63, 3.8) is 0 Å². The molecule has 0 fully saturated rings. The van der Waals surface area contributed by atoms with Gasteiger partial charge in [-0.3, -0.25) is 4.79 Å². The summed E-state index contributed by atoms with van der Waals surface area (Å²) in [5.74, 6) is -1.63. The minimum atomic E-state index is -4.07. The van der Waals surface area contributed by atoms with Crippen LogP contribution in [0.5, 0.6) is 0 Å². The number of carbonyl (C=O) groups is 2. The van der Waals surface area contributed by atoms with E-state index >= 15 is 0 Å². The predicted molar refractivity (Wildman–Crippen MR) is 91.0 cm³/mol. The largest absolute Gasteiger partial charge is 0.455 e. The van der Waals surface area contributed by atoms with Crippen molar-refractivity contribution in [2.75, 3.05) is 6.61 Å². The maximum absolute atomic E-state index is 12.2. The molecule has 0 heterocycles. The molecule has 2 aromatic carbocycles. The van der Waals surface area contributed by atoms with Gasteiger partial charge in [0.1, 0.15) is 0 Å². The zero-order valence-electron chi connectivity index (χ0n) is 12.4. The first-order valence-electron chi connectivity index (χ1n) is 6.82. The molecule has 1 unspecified atom stereocenters. The molecule has 8 heteroatoms. The van der Waals surface area contributed by atoms with Crippen molar-refractivity contribution in [1.29, 1.82) is 0 Å². The lowest BCUT2D eigenvalue weighted by Crippen LogP contribution is -2.40. The van der Waals surface area contributed by atoms with Gasteiger partial charge in [-0.15, -0.1) is 0 Å². The third kappa shape index (κ3) is 4.28. The van der Waals surface area contributed by atoms with E-state index in [1.807, 2.05) is 0 Å². The molecule has 0 aliphatic heterocycles. The van der Waals surface area contributed by atoms with Gasteiger partial charge in [-0.1, -0.05) is 46.3 Å². The van der Waals surface area contributed by atoms with E-state index in [-0.39, 0.29) is 4.90 Å². The Labute approximate surface area is 147 Å². The zero-order valence-corrected chi connectivity index (χ0v) is 14.8. The van der Waals surface area contributed by atoms with Gasteiger partial charge in [0.2, 0.25) is 15.2 Å². The molecule has 0 amide bonds. The van der Waals surface area contributed by atoms with Crippen molar-refractivity contribution in [2.45, 2.75) is 10.3 Å². The first-order chi connectivity index (χ1) is 11.3. The van der Waals surface area contributed by atoms with Gasteiger partial charge in [-0.05, 0) is 24.3 Å². The molecule has 0 bridgehead atoms. The molecular formula is C16H14BrNO5S. The minimum absolute atomic E-state index is 0.0892. The maximum atomic E-state index is 12.2. The SMILES string of the molecule is NC(C(=O)OCC(=O)c1ccc(Br)cc1)S(=O)(=O)c1ccccc1. The summed E-state index contributed by atoms with van der Waals surface area (Å²) in [5.41, 5.74) is 5.83. The lowest BCUT2D eigenvalue weighted by atomic mass is 10.1. The van der Waals surface area contributed by atoms with E-state index in [0.29, 0.717) is 5.56 Å². The van der Waals surface area contributed by atoms with Crippen molar-refractivity contribution in [2.24, 2.45) is 5.73 Å². The Kier molecular flexibility index (Phi) is 5.87. The Bertz CT molecular complexity index is 835. The number of hydrogen-bond donors (Lipinski definition) is 1. The van der Waals surface area contributed by atoms with Crippen LogP contribution in [0.2, 0.25) is 0 Å². The number of esters is 1. The van der Waals surface area contributed by atoms with E-state index in [4.69, 9.17) is 10.5 Å². The average Bonchev–Trinajstić information content (AvgIpc) is 2.60. The highest BCUT2D eigenvalue weighted by atomic mass is 79.9. The van der Waals surface area contributed by atoms with Crippen LogP contribution in [0.3, 0.4) is 0 Å². The second-order valence-corrected chi connectivity index (χ2v) is 7.80. The second kappa shape index (κ2) is 7.69. The third-order valence-electron chi connectivity index (χ3n) is 3.15. The molecule has 0 saturated heterocycles. The lowest BCUT2D eigenvalue weighted by molar-refractivity contribution is -0.141. The first kappa shape index (κ1) is 18.3. The lowest BCUT2D eigenvalue weighted by Gasteiger charge is -2.12. The summed E-state index contributed by atoms with van der Waals surface area (Å²) >= 11 is 3.24. The topological polar surface area (TPSA) is 104 Å². The van der Waals surface area contributed by atoms with Gasteiger partial charge < -0.3 is 10.5 Å². The highest BCUT2D eigenvalue weighted by Crippen LogP contribution is 2.14. The predicted octanol–water partition coefficient (Wildman–Crippen LogP) is 1.93. The van der Waals surface area contributed by atoms with Crippen molar-refractivity contribution in [1.82, 2.24) is 0 Å². The number of halogens is 1. The quantitative estimate of drug-likeness (QED) is 0.575. The Hall–Kier alpha value is -2.03. The molecule has 0 spiro atoms. The van der Waals surface area contributed by atoms with Crippen LogP contribution in [0.4, 0.5) is 0 Å². The van der Waals surface area contributed by atoms with Crippen LogP contribution in [0.15, 0.2) is 64.0 Å². The van der Waals surface area contributed by atoms with E-state index in [1.54, 1.807) is 30.3 Å². The Morgan fingerprint density at radius 1 is 1.04 bits per heavy atom. The van der Waals surface area contributed by atoms with Gasteiger partial charge >= 0.3 is 5.97 Å². The summed E-state index contributed by atoms with van der Waals surface area (Å²) in [6.07, 6.45) is 0. The molecule has 0 aliphatic rings. The Balaban J connectivity index is 2.01. The molecule has 1 atom stereocenters. The van der Waals surface area contributed by atoms with Crippen molar-refractivity contribution < 1.29 is 22.7 Å². The number of carbonyl (C=O) groups excluding carboxylic acids is 2. The number of benzene rings is 2. The fraction of sp³-hybridized carbons (Fsp3) is 0.125. The Morgan fingerprint density at radius 3 is 2.21 bits per heavy atom. The highest BCUT2D eigenvalue weighted by Gasteiger charge is 2.32. The summed E-state index contributed by atoms with van der Waals surface area (Å²) in [6, 6.07) is 13.8. The molecule has 6 nitrogen and oxygen atoms in total. The fourth-order valence-electron chi connectivity index (χ4n) is 1.82. The van der Waals surface area contributed by atoms with Crippen molar-refractivity contribution in [3.05, 3.63) is 64.6 Å². The molecule has 0 aromatic heterocycles. The van der Waals surface area contributed by atoms with Crippen LogP contribution >= 0.6 is 15.9 Å². The minimum Gasteiger partial charge on any atom is -0.455 e. The van der Waals surface area contributed by atoms with Crippen LogP contribution in [-0.2, 0) is 19.4 Å².